The number of anilines is 1. The van der Waals surface area contributed by atoms with E-state index in [-0.39, 0.29) is 0 Å². The number of nitrogen functional groups attached to an aromatic ring is 1. The summed E-state index contributed by atoms with van der Waals surface area (Å²) >= 11 is 1.61. The monoisotopic (exact) mass is 285 g/mol. The van der Waals surface area contributed by atoms with Crippen LogP contribution in [0.15, 0.2) is 48.6 Å². The topological polar surface area (TPSA) is 52.5 Å². The standard InChI is InChI=1S/C15H15N3OS/c1-2-3-11-8-12(16)4-5-14(11)19-10-13-9-18-6-7-20-15(18)17-13/h2,4-9H,1,3,10,16H2. The van der Waals surface area contributed by atoms with Crippen LogP contribution in [0.4, 0.5) is 5.69 Å². The molecule has 20 heavy (non-hydrogen) atoms. The van der Waals surface area contributed by atoms with Crippen molar-refractivity contribution in [3.8, 4) is 5.75 Å². The van der Waals surface area contributed by atoms with E-state index in [1.54, 1.807) is 11.3 Å². The Morgan fingerprint density at radius 3 is 3.15 bits per heavy atom. The fourth-order valence-corrected chi connectivity index (χ4v) is 2.77. The van der Waals surface area contributed by atoms with E-state index in [0.717, 1.165) is 34.1 Å². The largest absolute Gasteiger partial charge is 0.487 e. The van der Waals surface area contributed by atoms with Crippen LogP contribution in [0.2, 0.25) is 0 Å². The van der Waals surface area contributed by atoms with Crippen molar-refractivity contribution in [3.05, 3.63) is 59.9 Å². The molecule has 0 aliphatic carbocycles. The van der Waals surface area contributed by atoms with Crippen molar-refractivity contribution in [1.82, 2.24) is 9.38 Å². The first kappa shape index (κ1) is 12.7. The van der Waals surface area contributed by atoms with Crippen LogP contribution in [-0.4, -0.2) is 9.38 Å². The minimum Gasteiger partial charge on any atom is -0.487 e. The summed E-state index contributed by atoms with van der Waals surface area (Å²) in [6, 6.07) is 5.66. The van der Waals surface area contributed by atoms with Gasteiger partial charge in [0.05, 0.1) is 5.69 Å². The number of nitrogens with zero attached hydrogens (tertiary/aromatic N) is 2. The van der Waals surface area contributed by atoms with Gasteiger partial charge in [-0.2, -0.15) is 0 Å². The molecule has 0 saturated carbocycles. The van der Waals surface area contributed by atoms with Gasteiger partial charge in [0.25, 0.3) is 0 Å². The Hall–Kier alpha value is -2.27. The first-order valence-corrected chi connectivity index (χ1v) is 7.17. The maximum Gasteiger partial charge on any atom is 0.193 e. The normalized spacial score (nSPS) is 10.8. The van der Waals surface area contributed by atoms with E-state index in [1.165, 1.54) is 0 Å². The number of hydrogen-bond donors (Lipinski definition) is 1. The number of nitrogens with two attached hydrogens (primary N) is 1. The minimum atomic E-state index is 0.447. The van der Waals surface area contributed by atoms with Crippen LogP contribution in [0.3, 0.4) is 0 Å². The number of hydrogen-bond acceptors (Lipinski definition) is 4. The zero-order valence-corrected chi connectivity index (χ0v) is 11.8. The SMILES string of the molecule is C=CCc1cc(N)ccc1OCc1cn2ccsc2n1. The fraction of sp³-hybridized carbons (Fsp3) is 0.133. The summed E-state index contributed by atoms with van der Waals surface area (Å²) in [5.74, 6) is 0.829. The summed E-state index contributed by atoms with van der Waals surface area (Å²) in [6.07, 6.45) is 6.55. The molecule has 0 bridgehead atoms. The molecule has 0 atom stereocenters. The van der Waals surface area contributed by atoms with Gasteiger partial charge in [-0.3, -0.25) is 4.40 Å². The molecule has 0 radical (unpaired) electrons. The highest BCUT2D eigenvalue weighted by Gasteiger charge is 2.06. The lowest BCUT2D eigenvalue weighted by molar-refractivity contribution is 0.299. The van der Waals surface area contributed by atoms with Crippen molar-refractivity contribution in [2.45, 2.75) is 13.0 Å². The molecular formula is C15H15N3OS. The Morgan fingerprint density at radius 1 is 1.45 bits per heavy atom. The molecule has 2 N–H and O–H groups in total. The van der Waals surface area contributed by atoms with Gasteiger partial charge < -0.3 is 10.5 Å². The van der Waals surface area contributed by atoms with Crippen LogP contribution in [0.1, 0.15) is 11.3 Å². The molecule has 0 amide bonds. The predicted octanol–water partition coefficient (Wildman–Crippen LogP) is 3.29. The first-order chi connectivity index (χ1) is 9.76. The van der Waals surface area contributed by atoms with E-state index < -0.39 is 0 Å². The molecule has 3 aromatic rings. The molecule has 0 spiro atoms. The number of benzene rings is 1. The minimum absolute atomic E-state index is 0.447. The summed E-state index contributed by atoms with van der Waals surface area (Å²) in [5.41, 5.74) is 8.49. The molecule has 102 valence electrons. The number of allylic oxidation sites excluding steroid dienone is 1. The highest BCUT2D eigenvalue weighted by atomic mass is 32.1. The van der Waals surface area contributed by atoms with Crippen molar-refractivity contribution in [2.24, 2.45) is 0 Å². The van der Waals surface area contributed by atoms with Crippen molar-refractivity contribution >= 4 is 22.0 Å². The first-order valence-electron chi connectivity index (χ1n) is 6.29. The molecule has 1 aromatic carbocycles. The van der Waals surface area contributed by atoms with Gasteiger partial charge in [0.1, 0.15) is 12.4 Å². The third-order valence-electron chi connectivity index (χ3n) is 2.97. The number of imidazole rings is 1. The summed E-state index contributed by atoms with van der Waals surface area (Å²) in [4.78, 5) is 5.47. The van der Waals surface area contributed by atoms with E-state index in [4.69, 9.17) is 10.5 Å². The number of thiazole rings is 1. The summed E-state index contributed by atoms with van der Waals surface area (Å²) in [7, 11) is 0. The quantitative estimate of drug-likeness (QED) is 0.578. The van der Waals surface area contributed by atoms with Gasteiger partial charge in [0, 0.05) is 23.5 Å². The number of rotatable bonds is 5. The summed E-state index contributed by atoms with van der Waals surface area (Å²) in [5, 5.41) is 2.01. The van der Waals surface area contributed by atoms with Crippen LogP contribution in [0, 0.1) is 0 Å². The zero-order chi connectivity index (χ0) is 13.9. The van der Waals surface area contributed by atoms with Gasteiger partial charge >= 0.3 is 0 Å². The second-order valence-electron chi connectivity index (χ2n) is 4.47. The van der Waals surface area contributed by atoms with Gasteiger partial charge in [0.2, 0.25) is 0 Å². The van der Waals surface area contributed by atoms with E-state index in [1.807, 2.05) is 46.4 Å². The lowest BCUT2D eigenvalue weighted by Crippen LogP contribution is -1.99. The fourth-order valence-electron chi connectivity index (χ4n) is 2.05. The molecular weight excluding hydrogens is 270 g/mol. The highest BCUT2D eigenvalue weighted by molar-refractivity contribution is 7.15. The number of ether oxygens (including phenoxy) is 1. The van der Waals surface area contributed by atoms with Crippen LogP contribution < -0.4 is 10.5 Å². The Morgan fingerprint density at radius 2 is 2.35 bits per heavy atom. The second kappa shape index (κ2) is 5.38. The molecule has 4 nitrogen and oxygen atoms in total. The predicted molar refractivity (Wildman–Crippen MR) is 82.2 cm³/mol. The van der Waals surface area contributed by atoms with Crippen LogP contribution in [-0.2, 0) is 13.0 Å². The highest BCUT2D eigenvalue weighted by Crippen LogP contribution is 2.23. The average Bonchev–Trinajstić information content (AvgIpc) is 2.99. The lowest BCUT2D eigenvalue weighted by atomic mass is 10.1. The molecule has 3 rings (SSSR count). The van der Waals surface area contributed by atoms with E-state index in [0.29, 0.717) is 6.61 Å². The van der Waals surface area contributed by atoms with E-state index in [2.05, 4.69) is 11.6 Å². The Bertz CT molecular complexity index is 716. The van der Waals surface area contributed by atoms with Crippen molar-refractivity contribution < 1.29 is 4.74 Å². The van der Waals surface area contributed by atoms with Crippen LogP contribution in [0.25, 0.3) is 4.96 Å². The second-order valence-corrected chi connectivity index (χ2v) is 5.35. The van der Waals surface area contributed by atoms with Gasteiger partial charge in [-0.25, -0.2) is 4.98 Å². The molecule has 0 unspecified atom stereocenters. The average molecular weight is 285 g/mol. The van der Waals surface area contributed by atoms with Crippen molar-refractivity contribution in [1.29, 1.82) is 0 Å². The molecule has 2 heterocycles. The third-order valence-corrected chi connectivity index (χ3v) is 3.74. The third kappa shape index (κ3) is 2.53. The Labute approximate surface area is 121 Å². The zero-order valence-electron chi connectivity index (χ0n) is 11.0. The number of aromatic nitrogens is 2. The van der Waals surface area contributed by atoms with Crippen LogP contribution in [0.5, 0.6) is 5.75 Å². The Kier molecular flexibility index (Phi) is 3.43. The van der Waals surface area contributed by atoms with E-state index >= 15 is 0 Å². The van der Waals surface area contributed by atoms with Crippen molar-refractivity contribution in [3.63, 3.8) is 0 Å². The maximum absolute atomic E-state index is 5.86. The molecule has 0 aliphatic rings. The van der Waals surface area contributed by atoms with E-state index in [9.17, 15) is 0 Å². The van der Waals surface area contributed by atoms with Crippen LogP contribution >= 0.6 is 11.3 Å². The molecule has 2 aromatic heterocycles. The number of fused-ring (bicyclic) bond motifs is 1. The molecule has 0 saturated heterocycles. The lowest BCUT2D eigenvalue weighted by Gasteiger charge is -2.10. The van der Waals surface area contributed by atoms with Gasteiger partial charge in [0.15, 0.2) is 4.96 Å². The van der Waals surface area contributed by atoms with Gasteiger partial charge in [-0.1, -0.05) is 6.08 Å². The molecule has 0 aliphatic heterocycles. The summed E-state index contributed by atoms with van der Waals surface area (Å²) < 4.78 is 7.85. The summed E-state index contributed by atoms with van der Waals surface area (Å²) in [6.45, 7) is 4.20. The van der Waals surface area contributed by atoms with Gasteiger partial charge in [-0.15, -0.1) is 17.9 Å². The molecule has 0 fully saturated rings. The maximum atomic E-state index is 5.86. The van der Waals surface area contributed by atoms with Crippen molar-refractivity contribution in [2.75, 3.05) is 5.73 Å². The Balaban J connectivity index is 1.77. The smallest absolute Gasteiger partial charge is 0.193 e. The van der Waals surface area contributed by atoms with Gasteiger partial charge in [-0.05, 0) is 30.2 Å². The molecule has 5 heteroatoms.